The van der Waals surface area contributed by atoms with E-state index in [1.54, 1.807) is 4.90 Å². The summed E-state index contributed by atoms with van der Waals surface area (Å²) in [4.78, 5) is 29.1. The fourth-order valence-electron chi connectivity index (χ4n) is 3.45. The van der Waals surface area contributed by atoms with Gasteiger partial charge in [-0.25, -0.2) is 0 Å². The van der Waals surface area contributed by atoms with Crippen LogP contribution in [0, 0.1) is 5.41 Å². The van der Waals surface area contributed by atoms with Crippen molar-refractivity contribution in [2.45, 2.75) is 40.2 Å². The second-order valence-electron chi connectivity index (χ2n) is 7.99. The minimum atomic E-state index is -0.428. The number of rotatable bonds is 2. The highest BCUT2D eigenvalue weighted by Gasteiger charge is 2.36. The molecule has 1 heterocycles. The van der Waals surface area contributed by atoms with E-state index in [9.17, 15) is 9.59 Å². The number of benzene rings is 2. The van der Waals surface area contributed by atoms with E-state index >= 15 is 0 Å². The van der Waals surface area contributed by atoms with Crippen LogP contribution in [0.3, 0.4) is 0 Å². The third kappa shape index (κ3) is 3.53. The van der Waals surface area contributed by atoms with Crippen LogP contribution in [0.5, 0.6) is 0 Å². The van der Waals surface area contributed by atoms with Crippen molar-refractivity contribution in [1.29, 1.82) is 0 Å². The number of carbonyl (C=O) groups excluding carboxylic acids is 2. The average molecular weight is 338 g/mol. The van der Waals surface area contributed by atoms with Gasteiger partial charge in [-0.1, -0.05) is 57.2 Å². The van der Waals surface area contributed by atoms with Crippen molar-refractivity contribution in [3.05, 3.63) is 42.5 Å². The van der Waals surface area contributed by atoms with Gasteiger partial charge in [-0.2, -0.15) is 0 Å². The number of fused-ring (bicyclic) bond motifs is 1. The molecule has 132 valence electrons. The lowest BCUT2D eigenvalue weighted by atomic mass is 9.91. The summed E-state index contributed by atoms with van der Waals surface area (Å²) in [5, 5.41) is 2.19. The van der Waals surface area contributed by atoms with E-state index < -0.39 is 6.04 Å². The summed E-state index contributed by atoms with van der Waals surface area (Å²) in [6, 6.07) is 13.7. The number of amides is 2. The molecule has 25 heavy (non-hydrogen) atoms. The molecule has 4 heteroatoms. The maximum Gasteiger partial charge on any atom is 0.249 e. The minimum Gasteiger partial charge on any atom is -0.329 e. The monoisotopic (exact) mass is 338 g/mol. The highest BCUT2D eigenvalue weighted by atomic mass is 16.2. The van der Waals surface area contributed by atoms with Gasteiger partial charge in [0.25, 0.3) is 0 Å². The van der Waals surface area contributed by atoms with Crippen molar-refractivity contribution in [1.82, 2.24) is 4.90 Å². The normalized spacial score (nSPS) is 18.7. The van der Waals surface area contributed by atoms with Gasteiger partial charge in [-0.05, 0) is 23.8 Å². The molecule has 0 saturated carbocycles. The molecule has 0 radical (unpaired) electrons. The van der Waals surface area contributed by atoms with Crippen LogP contribution in [0.25, 0.3) is 10.8 Å². The van der Waals surface area contributed by atoms with Crippen molar-refractivity contribution in [3.63, 3.8) is 0 Å². The number of piperazine rings is 1. The summed E-state index contributed by atoms with van der Waals surface area (Å²) < 4.78 is 0. The molecule has 0 bridgehead atoms. The highest BCUT2D eigenvalue weighted by molar-refractivity contribution is 6.06. The maximum atomic E-state index is 13.0. The van der Waals surface area contributed by atoms with Crippen LogP contribution >= 0.6 is 0 Å². The maximum absolute atomic E-state index is 13.0. The van der Waals surface area contributed by atoms with Gasteiger partial charge >= 0.3 is 0 Å². The Labute approximate surface area is 149 Å². The quantitative estimate of drug-likeness (QED) is 0.835. The van der Waals surface area contributed by atoms with E-state index in [-0.39, 0.29) is 17.2 Å². The SMILES string of the molecule is C[C@@H]1C(=O)N(c2cccc3ccccc23)CCN1C(=O)CC(C)(C)C. The van der Waals surface area contributed by atoms with Gasteiger partial charge < -0.3 is 9.80 Å². The van der Waals surface area contributed by atoms with Crippen molar-refractivity contribution in [2.24, 2.45) is 5.41 Å². The Kier molecular flexibility index (Phi) is 4.55. The molecule has 0 aromatic heterocycles. The number of hydrogen-bond donors (Lipinski definition) is 0. The summed E-state index contributed by atoms with van der Waals surface area (Å²) in [5.74, 6) is 0.0516. The van der Waals surface area contributed by atoms with Gasteiger partial charge in [0.2, 0.25) is 11.8 Å². The predicted molar refractivity (Wildman–Crippen MR) is 102 cm³/mol. The number of anilines is 1. The molecular weight excluding hydrogens is 312 g/mol. The van der Waals surface area contributed by atoms with Gasteiger partial charge in [0.05, 0.1) is 5.69 Å². The summed E-state index contributed by atoms with van der Waals surface area (Å²) in [6.45, 7) is 9.08. The average Bonchev–Trinajstić information content (AvgIpc) is 2.55. The zero-order valence-electron chi connectivity index (χ0n) is 15.5. The lowest BCUT2D eigenvalue weighted by Gasteiger charge is -2.40. The number of hydrogen-bond acceptors (Lipinski definition) is 2. The largest absolute Gasteiger partial charge is 0.329 e. The minimum absolute atomic E-state index is 0.00939. The third-order valence-corrected chi connectivity index (χ3v) is 4.71. The molecule has 4 nitrogen and oxygen atoms in total. The first-order chi connectivity index (χ1) is 11.8. The zero-order chi connectivity index (χ0) is 18.2. The first-order valence-corrected chi connectivity index (χ1v) is 8.86. The van der Waals surface area contributed by atoms with Crippen molar-refractivity contribution in [2.75, 3.05) is 18.0 Å². The Bertz CT molecular complexity index is 802. The molecule has 1 fully saturated rings. The van der Waals surface area contributed by atoms with Gasteiger partial charge in [0.1, 0.15) is 6.04 Å². The summed E-state index contributed by atoms with van der Waals surface area (Å²) in [6.07, 6.45) is 0.457. The van der Waals surface area contributed by atoms with Crippen LogP contribution in [-0.4, -0.2) is 35.8 Å². The molecule has 0 spiro atoms. The molecule has 1 atom stereocenters. The second kappa shape index (κ2) is 6.51. The standard InChI is InChI=1S/C21H26N2O2/c1-15-20(25)23(13-12-22(15)19(24)14-21(2,3)4)18-11-7-9-16-8-5-6-10-17(16)18/h5-11,15H,12-14H2,1-4H3/t15-/m1/s1. The summed E-state index contributed by atoms with van der Waals surface area (Å²) in [7, 11) is 0. The molecule has 3 rings (SSSR count). The molecule has 2 aromatic rings. The molecule has 0 N–H and O–H groups in total. The number of carbonyl (C=O) groups is 2. The first kappa shape index (κ1) is 17.5. The molecule has 0 aliphatic carbocycles. The van der Waals surface area contributed by atoms with E-state index in [2.05, 4.69) is 12.1 Å². The number of nitrogens with zero attached hydrogens (tertiary/aromatic N) is 2. The molecule has 1 aliphatic rings. The molecule has 2 aromatic carbocycles. The fourth-order valence-corrected chi connectivity index (χ4v) is 3.45. The predicted octanol–water partition coefficient (Wildman–Crippen LogP) is 3.84. The van der Waals surface area contributed by atoms with Crippen LogP contribution in [0.4, 0.5) is 5.69 Å². The third-order valence-electron chi connectivity index (χ3n) is 4.71. The van der Waals surface area contributed by atoms with E-state index in [4.69, 9.17) is 0 Å². The van der Waals surface area contributed by atoms with E-state index in [0.29, 0.717) is 19.5 Å². The van der Waals surface area contributed by atoms with Crippen LogP contribution in [0.1, 0.15) is 34.1 Å². The van der Waals surface area contributed by atoms with Crippen molar-refractivity contribution in [3.8, 4) is 0 Å². The molecule has 0 unspecified atom stereocenters. The van der Waals surface area contributed by atoms with E-state index in [1.807, 2.05) is 62.9 Å². The highest BCUT2D eigenvalue weighted by Crippen LogP contribution is 2.30. The first-order valence-electron chi connectivity index (χ1n) is 8.86. The van der Waals surface area contributed by atoms with Gasteiger partial charge in [0, 0.05) is 24.9 Å². The Morgan fingerprint density at radius 1 is 1.08 bits per heavy atom. The van der Waals surface area contributed by atoms with Gasteiger partial charge in [-0.3, -0.25) is 9.59 Å². The Hall–Kier alpha value is -2.36. The van der Waals surface area contributed by atoms with Crippen LogP contribution in [-0.2, 0) is 9.59 Å². The van der Waals surface area contributed by atoms with Crippen molar-refractivity contribution < 1.29 is 9.59 Å². The topological polar surface area (TPSA) is 40.6 Å². The second-order valence-corrected chi connectivity index (χ2v) is 7.99. The lowest BCUT2D eigenvalue weighted by molar-refractivity contribution is -0.142. The van der Waals surface area contributed by atoms with Crippen LogP contribution in [0.15, 0.2) is 42.5 Å². The summed E-state index contributed by atoms with van der Waals surface area (Å²) >= 11 is 0. The fraction of sp³-hybridized carbons (Fsp3) is 0.429. The zero-order valence-corrected chi connectivity index (χ0v) is 15.5. The van der Waals surface area contributed by atoms with Gasteiger partial charge in [-0.15, -0.1) is 0 Å². The molecule has 2 amide bonds. The van der Waals surface area contributed by atoms with E-state index in [1.165, 1.54) is 0 Å². The molecule has 1 aliphatic heterocycles. The summed E-state index contributed by atoms with van der Waals surface area (Å²) in [5.41, 5.74) is 0.852. The smallest absolute Gasteiger partial charge is 0.249 e. The van der Waals surface area contributed by atoms with Gasteiger partial charge in [0.15, 0.2) is 0 Å². The Morgan fingerprint density at radius 3 is 2.48 bits per heavy atom. The van der Waals surface area contributed by atoms with Crippen LogP contribution < -0.4 is 4.90 Å². The van der Waals surface area contributed by atoms with Crippen molar-refractivity contribution >= 4 is 28.3 Å². The Balaban J connectivity index is 1.85. The van der Waals surface area contributed by atoms with Crippen LogP contribution in [0.2, 0.25) is 0 Å². The lowest BCUT2D eigenvalue weighted by Crippen LogP contribution is -2.58. The molecular formula is C21H26N2O2. The van der Waals surface area contributed by atoms with E-state index in [0.717, 1.165) is 16.5 Å². The molecule has 1 saturated heterocycles. The Morgan fingerprint density at radius 2 is 1.76 bits per heavy atom.